The predicted octanol–water partition coefficient (Wildman–Crippen LogP) is 4.93. The first-order chi connectivity index (χ1) is 14.1. The van der Waals surface area contributed by atoms with Gasteiger partial charge in [-0.25, -0.2) is 0 Å². The van der Waals surface area contributed by atoms with Crippen molar-refractivity contribution in [3.05, 3.63) is 60.7 Å². The summed E-state index contributed by atoms with van der Waals surface area (Å²) >= 11 is 13.5. The molecule has 30 heavy (non-hydrogen) atoms. The van der Waals surface area contributed by atoms with Crippen LogP contribution in [0.25, 0.3) is 0 Å². The van der Waals surface area contributed by atoms with Crippen molar-refractivity contribution in [3.8, 4) is 0 Å². The van der Waals surface area contributed by atoms with Gasteiger partial charge < -0.3 is 13.9 Å². The molecule has 3 atom stereocenters. The molecule has 164 valence electrons. The average molecular weight is 468 g/mol. The Morgan fingerprint density at radius 1 is 1.00 bits per heavy atom. The second kappa shape index (κ2) is 9.31. The van der Waals surface area contributed by atoms with E-state index in [4.69, 9.17) is 37.1 Å². The van der Waals surface area contributed by atoms with E-state index in [1.54, 1.807) is 0 Å². The van der Waals surface area contributed by atoms with Gasteiger partial charge in [0.1, 0.15) is 6.10 Å². The Bertz CT molecular complexity index is 769. The summed E-state index contributed by atoms with van der Waals surface area (Å²) in [5.41, 5.74) is 0. The van der Waals surface area contributed by atoms with E-state index >= 15 is 0 Å². The van der Waals surface area contributed by atoms with Crippen molar-refractivity contribution >= 4 is 41.9 Å². The van der Waals surface area contributed by atoms with E-state index in [1.165, 1.54) is 10.4 Å². The molecule has 0 spiro atoms. The molecule has 2 aromatic rings. The largest absolute Gasteiger partial charge is 0.406 e. The maximum Gasteiger partial charge on any atom is 0.261 e. The van der Waals surface area contributed by atoms with Crippen molar-refractivity contribution in [2.75, 3.05) is 13.2 Å². The van der Waals surface area contributed by atoms with Crippen LogP contribution in [0.4, 0.5) is 0 Å². The average Bonchev–Trinajstić information content (AvgIpc) is 3.08. The van der Waals surface area contributed by atoms with Crippen molar-refractivity contribution in [1.82, 2.24) is 0 Å². The second-order valence-corrected chi connectivity index (χ2v) is 14.7. The van der Waals surface area contributed by atoms with Gasteiger partial charge in [-0.3, -0.25) is 0 Å². The van der Waals surface area contributed by atoms with E-state index in [1.807, 2.05) is 26.0 Å². The molecule has 0 radical (unpaired) electrons. The summed E-state index contributed by atoms with van der Waals surface area (Å²) in [6, 6.07) is 21.0. The summed E-state index contributed by atoms with van der Waals surface area (Å²) < 4.78 is 18.5. The van der Waals surface area contributed by atoms with Crippen LogP contribution in [0.1, 0.15) is 34.6 Å². The molecule has 0 bridgehead atoms. The van der Waals surface area contributed by atoms with Crippen molar-refractivity contribution in [2.24, 2.45) is 0 Å². The zero-order valence-corrected chi connectivity index (χ0v) is 20.9. The fourth-order valence-corrected chi connectivity index (χ4v) is 9.28. The third kappa shape index (κ3) is 4.95. The van der Waals surface area contributed by atoms with Crippen LogP contribution in [-0.4, -0.2) is 44.2 Å². The summed E-state index contributed by atoms with van der Waals surface area (Å²) in [6.45, 7) is 11.3. The van der Waals surface area contributed by atoms with Crippen LogP contribution in [0.3, 0.4) is 0 Å². The Kier molecular flexibility index (Phi) is 7.38. The highest BCUT2D eigenvalue weighted by Gasteiger charge is 2.51. The van der Waals surface area contributed by atoms with Gasteiger partial charge in [-0.15, -0.1) is 23.2 Å². The van der Waals surface area contributed by atoms with Gasteiger partial charge in [0.05, 0.1) is 24.0 Å². The number of alkyl halides is 2. The molecule has 0 aliphatic carbocycles. The van der Waals surface area contributed by atoms with Gasteiger partial charge in [0.15, 0.2) is 5.79 Å². The minimum atomic E-state index is -2.64. The molecule has 0 saturated carbocycles. The van der Waals surface area contributed by atoms with Gasteiger partial charge >= 0.3 is 0 Å². The first-order valence-electron chi connectivity index (χ1n) is 10.4. The highest BCUT2D eigenvalue weighted by molar-refractivity contribution is 6.99. The Morgan fingerprint density at radius 3 is 1.90 bits per heavy atom. The molecule has 2 aromatic carbocycles. The zero-order chi connectivity index (χ0) is 22.0. The summed E-state index contributed by atoms with van der Waals surface area (Å²) in [5, 5.41) is 1.52. The maximum atomic E-state index is 6.89. The fourth-order valence-electron chi connectivity index (χ4n) is 4.16. The molecule has 0 amide bonds. The predicted molar refractivity (Wildman–Crippen MR) is 128 cm³/mol. The lowest BCUT2D eigenvalue weighted by Gasteiger charge is -2.43. The van der Waals surface area contributed by atoms with Gasteiger partial charge in [-0.2, -0.15) is 0 Å². The Labute approximate surface area is 191 Å². The molecule has 0 unspecified atom stereocenters. The van der Waals surface area contributed by atoms with Crippen molar-refractivity contribution in [3.63, 3.8) is 0 Å². The molecule has 3 rings (SSSR count). The number of hydrogen-bond donors (Lipinski definition) is 0. The number of rotatable bonds is 7. The Morgan fingerprint density at radius 2 is 1.50 bits per heavy atom. The summed E-state index contributed by atoms with van der Waals surface area (Å²) in [4.78, 5) is 0. The van der Waals surface area contributed by atoms with Crippen LogP contribution >= 0.6 is 23.2 Å². The number of hydrogen-bond acceptors (Lipinski definition) is 3. The molecule has 1 saturated heterocycles. The topological polar surface area (TPSA) is 27.7 Å². The van der Waals surface area contributed by atoms with E-state index < -0.39 is 24.9 Å². The third-order valence-corrected chi connectivity index (χ3v) is 11.7. The van der Waals surface area contributed by atoms with Gasteiger partial charge in [-0.05, 0) is 29.3 Å². The summed E-state index contributed by atoms with van der Waals surface area (Å²) in [5.74, 6) is -0.632. The van der Waals surface area contributed by atoms with Crippen LogP contribution < -0.4 is 10.4 Å². The van der Waals surface area contributed by atoms with Crippen LogP contribution in [-0.2, 0) is 13.9 Å². The number of ether oxygens (including phenoxy) is 2. The van der Waals surface area contributed by atoms with Gasteiger partial charge in [0.2, 0.25) is 0 Å². The molecule has 1 aliphatic heterocycles. The van der Waals surface area contributed by atoms with Gasteiger partial charge in [0, 0.05) is 0 Å². The smallest absolute Gasteiger partial charge is 0.261 e. The minimum absolute atomic E-state index is 0.108. The normalized spacial score (nSPS) is 21.4. The van der Waals surface area contributed by atoms with Crippen molar-refractivity contribution in [1.29, 1.82) is 0 Å². The number of halogens is 2. The molecule has 1 fully saturated rings. The van der Waals surface area contributed by atoms with E-state index in [0.29, 0.717) is 13.2 Å². The van der Waals surface area contributed by atoms with E-state index in [9.17, 15) is 0 Å². The molecular formula is C24H32Cl2O3Si. The Balaban J connectivity index is 1.90. The standard InChI is InChI=1S/C24H32Cl2O3Si/c1-23(2,3)30(18-12-8-6-9-13-18,19-14-10-7-11-15-19)28-16-20(25)22(26)21-17-27-24(4,5)29-21/h6-15,20-22H,16-17H2,1-5H3/t20-,21-,22+/m1/s1. The van der Waals surface area contributed by atoms with Crippen LogP contribution in [0.15, 0.2) is 60.7 Å². The highest BCUT2D eigenvalue weighted by atomic mass is 35.5. The molecule has 3 nitrogen and oxygen atoms in total. The van der Waals surface area contributed by atoms with Crippen LogP contribution in [0, 0.1) is 0 Å². The third-order valence-electron chi connectivity index (χ3n) is 5.61. The van der Waals surface area contributed by atoms with Crippen molar-refractivity contribution in [2.45, 2.75) is 62.3 Å². The minimum Gasteiger partial charge on any atom is -0.406 e. The summed E-state index contributed by atoms with van der Waals surface area (Å²) in [7, 11) is -2.64. The number of benzene rings is 2. The molecular weight excluding hydrogens is 435 g/mol. The second-order valence-electron chi connectivity index (χ2n) is 9.30. The zero-order valence-electron chi connectivity index (χ0n) is 18.4. The first-order valence-corrected chi connectivity index (χ1v) is 13.2. The van der Waals surface area contributed by atoms with Crippen LogP contribution in [0.2, 0.25) is 5.04 Å². The quantitative estimate of drug-likeness (QED) is 0.427. The molecule has 1 aliphatic rings. The lowest BCUT2D eigenvalue weighted by Crippen LogP contribution is -2.67. The van der Waals surface area contributed by atoms with Gasteiger partial charge in [0.25, 0.3) is 8.32 Å². The molecule has 1 heterocycles. The van der Waals surface area contributed by atoms with Crippen LogP contribution in [0.5, 0.6) is 0 Å². The summed E-state index contributed by atoms with van der Waals surface area (Å²) in [6.07, 6.45) is -0.257. The van der Waals surface area contributed by atoms with E-state index in [-0.39, 0.29) is 11.1 Å². The first kappa shape index (κ1) is 23.8. The van der Waals surface area contributed by atoms with E-state index in [2.05, 4.69) is 69.3 Å². The van der Waals surface area contributed by atoms with Crippen molar-refractivity contribution < 1.29 is 13.9 Å². The SMILES string of the molecule is CC1(C)OC[C@H]([C@@H](Cl)[C@H](Cl)CO[Si](c2ccccc2)(c2ccccc2)C(C)(C)C)O1. The lowest BCUT2D eigenvalue weighted by molar-refractivity contribution is -0.138. The fraction of sp³-hybridized carbons (Fsp3) is 0.500. The van der Waals surface area contributed by atoms with E-state index in [0.717, 1.165) is 0 Å². The molecule has 6 heteroatoms. The molecule has 0 N–H and O–H groups in total. The highest BCUT2D eigenvalue weighted by Crippen LogP contribution is 2.37. The maximum absolute atomic E-state index is 6.89. The lowest BCUT2D eigenvalue weighted by atomic mass is 10.2. The van der Waals surface area contributed by atoms with Gasteiger partial charge in [-0.1, -0.05) is 81.4 Å². The monoisotopic (exact) mass is 466 g/mol. The Hall–Kier alpha value is -0.883. The molecule has 0 aromatic heterocycles.